The van der Waals surface area contributed by atoms with Crippen LogP contribution < -0.4 is 0 Å². The molecule has 1 unspecified atom stereocenters. The first kappa shape index (κ1) is 9.33. The summed E-state index contributed by atoms with van der Waals surface area (Å²) in [5.41, 5.74) is 1.06. The Balaban J connectivity index is 2.53. The first-order valence-electron chi connectivity index (χ1n) is 4.30. The highest BCUT2D eigenvalue weighted by atomic mass is 16.3. The SMILES string of the molecule is CC(C)(C)C(O)Cc1ccc[nH]1. The summed E-state index contributed by atoms with van der Waals surface area (Å²) in [7, 11) is 0. The Morgan fingerprint density at radius 1 is 1.50 bits per heavy atom. The highest BCUT2D eigenvalue weighted by Gasteiger charge is 2.22. The molecule has 0 spiro atoms. The van der Waals surface area contributed by atoms with Gasteiger partial charge < -0.3 is 10.1 Å². The van der Waals surface area contributed by atoms with Gasteiger partial charge in [-0.15, -0.1) is 0 Å². The number of aliphatic hydroxyl groups excluding tert-OH is 1. The molecule has 0 aliphatic heterocycles. The van der Waals surface area contributed by atoms with Crippen molar-refractivity contribution in [3.8, 4) is 0 Å². The highest BCUT2D eigenvalue weighted by Crippen LogP contribution is 2.21. The first-order valence-corrected chi connectivity index (χ1v) is 4.30. The molecule has 0 amide bonds. The molecule has 1 atom stereocenters. The Morgan fingerprint density at radius 3 is 2.58 bits per heavy atom. The monoisotopic (exact) mass is 167 g/mol. The molecule has 0 aromatic carbocycles. The molecule has 68 valence electrons. The number of H-pyrrole nitrogens is 1. The third-order valence-electron chi connectivity index (χ3n) is 2.08. The maximum Gasteiger partial charge on any atom is 0.0643 e. The van der Waals surface area contributed by atoms with Crippen LogP contribution in [0, 0.1) is 5.41 Å². The summed E-state index contributed by atoms with van der Waals surface area (Å²) in [6.07, 6.45) is 2.30. The summed E-state index contributed by atoms with van der Waals surface area (Å²) in [6, 6.07) is 3.94. The molecule has 2 N–H and O–H groups in total. The fraction of sp³-hybridized carbons (Fsp3) is 0.600. The number of nitrogens with one attached hydrogen (secondary N) is 1. The van der Waals surface area contributed by atoms with E-state index in [0.717, 1.165) is 5.69 Å². The first-order chi connectivity index (χ1) is 5.50. The molecular formula is C10H17NO. The van der Waals surface area contributed by atoms with E-state index in [0.29, 0.717) is 6.42 Å². The zero-order valence-electron chi connectivity index (χ0n) is 7.96. The molecule has 1 aromatic rings. The number of hydrogen-bond acceptors (Lipinski definition) is 1. The third-order valence-corrected chi connectivity index (χ3v) is 2.08. The van der Waals surface area contributed by atoms with Gasteiger partial charge in [0.1, 0.15) is 0 Å². The fourth-order valence-electron chi connectivity index (χ4n) is 1.01. The van der Waals surface area contributed by atoms with Gasteiger partial charge in [0.05, 0.1) is 6.10 Å². The van der Waals surface area contributed by atoms with Crippen molar-refractivity contribution in [1.82, 2.24) is 4.98 Å². The summed E-state index contributed by atoms with van der Waals surface area (Å²) in [5, 5.41) is 9.74. The van der Waals surface area contributed by atoms with Crippen molar-refractivity contribution in [3.63, 3.8) is 0 Å². The minimum absolute atomic E-state index is 0.0366. The van der Waals surface area contributed by atoms with Gasteiger partial charge in [-0.2, -0.15) is 0 Å². The molecule has 0 aliphatic carbocycles. The molecule has 2 heteroatoms. The van der Waals surface area contributed by atoms with Gasteiger partial charge in [-0.1, -0.05) is 20.8 Å². The van der Waals surface area contributed by atoms with E-state index in [1.54, 1.807) is 0 Å². The molecule has 2 nitrogen and oxygen atoms in total. The lowest BCUT2D eigenvalue weighted by Crippen LogP contribution is -2.28. The lowest BCUT2D eigenvalue weighted by atomic mass is 9.86. The third kappa shape index (κ3) is 2.38. The average molecular weight is 167 g/mol. The Bertz CT molecular complexity index is 220. The minimum Gasteiger partial charge on any atom is -0.392 e. The fourth-order valence-corrected chi connectivity index (χ4v) is 1.01. The van der Waals surface area contributed by atoms with E-state index in [2.05, 4.69) is 4.98 Å². The van der Waals surface area contributed by atoms with Crippen LogP contribution in [0.2, 0.25) is 0 Å². The second-order valence-corrected chi connectivity index (χ2v) is 4.28. The topological polar surface area (TPSA) is 36.0 Å². The Kier molecular flexibility index (Phi) is 2.58. The van der Waals surface area contributed by atoms with Crippen LogP contribution in [0.5, 0.6) is 0 Å². The molecule has 1 rings (SSSR count). The van der Waals surface area contributed by atoms with Crippen LogP contribution in [0.25, 0.3) is 0 Å². The standard InChI is InChI=1S/C10H17NO/c1-10(2,3)9(12)7-8-5-4-6-11-8/h4-6,9,11-12H,7H2,1-3H3. The van der Waals surface area contributed by atoms with Crippen LogP contribution in [-0.2, 0) is 6.42 Å². The van der Waals surface area contributed by atoms with Gasteiger partial charge in [-0.25, -0.2) is 0 Å². The maximum atomic E-state index is 9.74. The van der Waals surface area contributed by atoms with Gasteiger partial charge in [0.15, 0.2) is 0 Å². The molecule has 0 aliphatic rings. The molecule has 0 saturated heterocycles. The van der Waals surface area contributed by atoms with Gasteiger partial charge in [0, 0.05) is 18.3 Å². The van der Waals surface area contributed by atoms with Crippen LogP contribution in [-0.4, -0.2) is 16.2 Å². The van der Waals surface area contributed by atoms with Gasteiger partial charge in [-0.05, 0) is 17.5 Å². The van der Waals surface area contributed by atoms with Crippen molar-refractivity contribution in [2.24, 2.45) is 5.41 Å². The van der Waals surface area contributed by atoms with Gasteiger partial charge in [-0.3, -0.25) is 0 Å². The molecule has 12 heavy (non-hydrogen) atoms. The summed E-state index contributed by atoms with van der Waals surface area (Å²) in [5.74, 6) is 0. The zero-order valence-corrected chi connectivity index (χ0v) is 7.96. The maximum absolute atomic E-state index is 9.74. The van der Waals surface area contributed by atoms with E-state index < -0.39 is 0 Å². The number of rotatable bonds is 2. The predicted octanol–water partition coefficient (Wildman–Crippen LogP) is 1.96. The quantitative estimate of drug-likeness (QED) is 0.694. The van der Waals surface area contributed by atoms with E-state index >= 15 is 0 Å². The highest BCUT2D eigenvalue weighted by molar-refractivity contribution is 5.05. The Labute approximate surface area is 73.6 Å². The van der Waals surface area contributed by atoms with E-state index in [1.807, 2.05) is 39.1 Å². The molecule has 0 saturated carbocycles. The summed E-state index contributed by atoms with van der Waals surface area (Å²) >= 11 is 0. The van der Waals surface area contributed by atoms with Crippen LogP contribution in [0.15, 0.2) is 18.3 Å². The summed E-state index contributed by atoms with van der Waals surface area (Å²) < 4.78 is 0. The minimum atomic E-state index is -0.281. The summed E-state index contributed by atoms with van der Waals surface area (Å²) in [4.78, 5) is 3.08. The largest absolute Gasteiger partial charge is 0.392 e. The van der Waals surface area contributed by atoms with Crippen LogP contribution in [0.3, 0.4) is 0 Å². The second-order valence-electron chi connectivity index (χ2n) is 4.28. The van der Waals surface area contributed by atoms with Crippen molar-refractivity contribution in [2.75, 3.05) is 0 Å². The number of aromatic amines is 1. The molecule has 1 aromatic heterocycles. The van der Waals surface area contributed by atoms with E-state index in [-0.39, 0.29) is 11.5 Å². The van der Waals surface area contributed by atoms with Crippen LogP contribution in [0.1, 0.15) is 26.5 Å². The Hall–Kier alpha value is -0.760. The van der Waals surface area contributed by atoms with Crippen molar-refractivity contribution < 1.29 is 5.11 Å². The molecular weight excluding hydrogens is 150 g/mol. The second kappa shape index (κ2) is 3.31. The van der Waals surface area contributed by atoms with Gasteiger partial charge in [0.25, 0.3) is 0 Å². The van der Waals surface area contributed by atoms with E-state index in [9.17, 15) is 5.11 Å². The van der Waals surface area contributed by atoms with Crippen molar-refractivity contribution in [1.29, 1.82) is 0 Å². The molecule has 0 radical (unpaired) electrons. The normalized spacial score (nSPS) is 14.7. The predicted molar refractivity (Wildman–Crippen MR) is 50.0 cm³/mol. The number of aliphatic hydroxyl groups is 1. The molecule has 1 heterocycles. The van der Waals surface area contributed by atoms with Crippen LogP contribution in [0.4, 0.5) is 0 Å². The lowest BCUT2D eigenvalue weighted by molar-refractivity contribution is 0.0629. The Morgan fingerprint density at radius 2 is 2.17 bits per heavy atom. The van der Waals surface area contributed by atoms with Crippen molar-refractivity contribution in [2.45, 2.75) is 33.3 Å². The van der Waals surface area contributed by atoms with Crippen LogP contribution >= 0.6 is 0 Å². The zero-order chi connectivity index (χ0) is 9.19. The van der Waals surface area contributed by atoms with Crippen molar-refractivity contribution >= 4 is 0 Å². The number of aromatic nitrogens is 1. The molecule has 0 bridgehead atoms. The lowest BCUT2D eigenvalue weighted by Gasteiger charge is -2.25. The smallest absolute Gasteiger partial charge is 0.0643 e. The van der Waals surface area contributed by atoms with Crippen molar-refractivity contribution in [3.05, 3.63) is 24.0 Å². The van der Waals surface area contributed by atoms with Gasteiger partial charge in [0.2, 0.25) is 0 Å². The molecule has 0 fully saturated rings. The van der Waals surface area contributed by atoms with Gasteiger partial charge >= 0.3 is 0 Å². The van der Waals surface area contributed by atoms with E-state index in [4.69, 9.17) is 0 Å². The van der Waals surface area contributed by atoms with E-state index in [1.165, 1.54) is 0 Å². The number of hydrogen-bond donors (Lipinski definition) is 2. The average Bonchev–Trinajstić information content (AvgIpc) is 2.37. The summed E-state index contributed by atoms with van der Waals surface area (Å²) in [6.45, 7) is 6.13.